The quantitative estimate of drug-likeness (QED) is 0.767. The van der Waals surface area contributed by atoms with Crippen molar-refractivity contribution in [2.45, 2.75) is 13.2 Å². The van der Waals surface area contributed by atoms with Gasteiger partial charge in [-0.25, -0.2) is 4.98 Å². The Balaban J connectivity index is 1.76. The fourth-order valence-electron chi connectivity index (χ4n) is 2.14. The van der Waals surface area contributed by atoms with Gasteiger partial charge in [0.25, 0.3) is 0 Å². The molecule has 0 unspecified atom stereocenters. The van der Waals surface area contributed by atoms with E-state index in [1.54, 1.807) is 18.4 Å². The topological polar surface area (TPSA) is 34.1 Å². The van der Waals surface area contributed by atoms with Crippen LogP contribution in [0.4, 0.5) is 5.69 Å². The summed E-state index contributed by atoms with van der Waals surface area (Å²) in [4.78, 5) is 4.63. The molecule has 3 rings (SSSR count). The minimum atomic E-state index is 0.614. The third kappa shape index (κ3) is 2.81. The second-order valence-electron chi connectivity index (χ2n) is 4.52. The lowest BCUT2D eigenvalue weighted by molar-refractivity contribution is 0.185. The molecule has 3 aromatic rings. The van der Waals surface area contributed by atoms with Crippen molar-refractivity contribution in [1.82, 2.24) is 4.98 Å². The van der Waals surface area contributed by atoms with Gasteiger partial charge in [-0.05, 0) is 18.2 Å². The van der Waals surface area contributed by atoms with Gasteiger partial charge in [0.15, 0.2) is 0 Å². The number of fused-ring (bicyclic) bond motifs is 1. The maximum absolute atomic E-state index is 5.22. The van der Waals surface area contributed by atoms with Crippen molar-refractivity contribution in [1.29, 1.82) is 0 Å². The van der Waals surface area contributed by atoms with Crippen molar-refractivity contribution < 1.29 is 4.74 Å². The lowest BCUT2D eigenvalue weighted by Gasteiger charge is -2.10. The molecule has 0 fully saturated rings. The van der Waals surface area contributed by atoms with Crippen LogP contribution in [0.2, 0.25) is 0 Å². The highest BCUT2D eigenvalue weighted by atomic mass is 32.1. The van der Waals surface area contributed by atoms with E-state index in [0.29, 0.717) is 6.61 Å². The minimum absolute atomic E-state index is 0.614. The Morgan fingerprint density at radius 1 is 1.10 bits per heavy atom. The number of thiazole rings is 1. The van der Waals surface area contributed by atoms with Crippen LogP contribution in [-0.2, 0) is 17.9 Å². The van der Waals surface area contributed by atoms with Crippen LogP contribution in [0.1, 0.15) is 10.6 Å². The monoisotopic (exact) mass is 284 g/mol. The van der Waals surface area contributed by atoms with Crippen LogP contribution in [0.5, 0.6) is 0 Å². The van der Waals surface area contributed by atoms with Crippen LogP contribution in [-0.4, -0.2) is 12.1 Å². The fraction of sp³-hybridized carbons (Fsp3) is 0.188. The van der Waals surface area contributed by atoms with Crippen LogP contribution in [0, 0.1) is 0 Å². The zero-order valence-electron chi connectivity index (χ0n) is 11.3. The highest BCUT2D eigenvalue weighted by Gasteiger charge is 2.05. The van der Waals surface area contributed by atoms with Crippen LogP contribution in [0.15, 0.2) is 48.5 Å². The van der Waals surface area contributed by atoms with Crippen molar-refractivity contribution in [2.24, 2.45) is 0 Å². The minimum Gasteiger partial charge on any atom is -0.380 e. The molecule has 1 aromatic heterocycles. The van der Waals surface area contributed by atoms with Gasteiger partial charge in [-0.3, -0.25) is 0 Å². The Kier molecular flexibility index (Phi) is 3.95. The highest BCUT2D eigenvalue weighted by Crippen LogP contribution is 2.23. The van der Waals surface area contributed by atoms with Crippen LogP contribution < -0.4 is 5.32 Å². The first kappa shape index (κ1) is 13.1. The lowest BCUT2D eigenvalue weighted by Crippen LogP contribution is -2.02. The molecule has 0 saturated carbocycles. The molecule has 0 bridgehead atoms. The number of hydrogen-bond donors (Lipinski definition) is 1. The predicted molar refractivity (Wildman–Crippen MR) is 84.1 cm³/mol. The normalized spacial score (nSPS) is 10.8. The number of nitrogens with one attached hydrogen (secondary N) is 1. The second kappa shape index (κ2) is 6.03. The van der Waals surface area contributed by atoms with E-state index in [1.165, 1.54) is 4.70 Å². The third-order valence-electron chi connectivity index (χ3n) is 3.09. The summed E-state index contributed by atoms with van der Waals surface area (Å²) < 4.78 is 6.45. The van der Waals surface area contributed by atoms with Crippen molar-refractivity contribution in [3.05, 3.63) is 59.1 Å². The molecule has 102 valence electrons. The Morgan fingerprint density at radius 3 is 2.75 bits per heavy atom. The molecule has 1 heterocycles. The Bertz CT molecular complexity index is 675. The van der Waals surface area contributed by atoms with Gasteiger partial charge in [0.05, 0.1) is 23.4 Å². The predicted octanol–water partition coefficient (Wildman–Crippen LogP) is 4.05. The number of para-hydroxylation sites is 2. The van der Waals surface area contributed by atoms with Gasteiger partial charge in [0, 0.05) is 18.4 Å². The summed E-state index contributed by atoms with van der Waals surface area (Å²) in [5, 5.41) is 4.54. The first-order valence-electron chi connectivity index (χ1n) is 6.52. The molecule has 3 nitrogen and oxygen atoms in total. The summed E-state index contributed by atoms with van der Waals surface area (Å²) in [5.41, 5.74) is 3.34. The molecule has 0 atom stereocenters. The number of aromatic nitrogens is 1. The molecule has 0 aliphatic rings. The molecule has 20 heavy (non-hydrogen) atoms. The van der Waals surface area contributed by atoms with E-state index in [2.05, 4.69) is 28.5 Å². The number of benzene rings is 2. The van der Waals surface area contributed by atoms with Crippen molar-refractivity contribution in [3.8, 4) is 0 Å². The largest absolute Gasteiger partial charge is 0.380 e. The van der Waals surface area contributed by atoms with Gasteiger partial charge in [-0.1, -0.05) is 30.3 Å². The standard InChI is InChI=1S/C16H16N2OS/c1-19-11-12-6-2-3-7-13(12)17-10-16-18-14-8-4-5-9-15(14)20-16/h2-9,17H,10-11H2,1H3. The molecule has 0 amide bonds. The number of rotatable bonds is 5. The molecule has 0 aliphatic heterocycles. The Hall–Kier alpha value is -1.91. The molecule has 4 heteroatoms. The van der Waals surface area contributed by atoms with Gasteiger partial charge >= 0.3 is 0 Å². The summed E-state index contributed by atoms with van der Waals surface area (Å²) in [7, 11) is 1.71. The summed E-state index contributed by atoms with van der Waals surface area (Å²) in [6, 6.07) is 16.4. The fourth-order valence-corrected chi connectivity index (χ4v) is 3.05. The zero-order chi connectivity index (χ0) is 13.8. The molecule has 0 radical (unpaired) electrons. The maximum atomic E-state index is 5.22. The Labute approximate surface area is 122 Å². The van der Waals surface area contributed by atoms with E-state index >= 15 is 0 Å². The van der Waals surface area contributed by atoms with Gasteiger partial charge < -0.3 is 10.1 Å². The summed E-state index contributed by atoms with van der Waals surface area (Å²) >= 11 is 1.73. The molecule has 1 N–H and O–H groups in total. The van der Waals surface area contributed by atoms with E-state index in [-0.39, 0.29) is 0 Å². The van der Waals surface area contributed by atoms with E-state index in [4.69, 9.17) is 4.74 Å². The van der Waals surface area contributed by atoms with Gasteiger partial charge in [0.1, 0.15) is 5.01 Å². The summed E-state index contributed by atoms with van der Waals surface area (Å²) in [6.07, 6.45) is 0. The number of methoxy groups -OCH3 is 1. The molecule has 0 spiro atoms. The highest BCUT2D eigenvalue weighted by molar-refractivity contribution is 7.18. The van der Waals surface area contributed by atoms with Crippen LogP contribution in [0.3, 0.4) is 0 Å². The average molecular weight is 284 g/mol. The lowest BCUT2D eigenvalue weighted by atomic mass is 10.2. The van der Waals surface area contributed by atoms with Crippen LogP contribution >= 0.6 is 11.3 Å². The SMILES string of the molecule is COCc1ccccc1NCc1nc2ccccc2s1. The molecule has 2 aromatic carbocycles. The smallest absolute Gasteiger partial charge is 0.113 e. The van der Waals surface area contributed by atoms with Gasteiger partial charge in [0.2, 0.25) is 0 Å². The third-order valence-corrected chi connectivity index (χ3v) is 4.12. The van der Waals surface area contributed by atoms with E-state index in [0.717, 1.165) is 28.3 Å². The van der Waals surface area contributed by atoms with E-state index < -0.39 is 0 Å². The Morgan fingerprint density at radius 2 is 1.90 bits per heavy atom. The first-order chi connectivity index (χ1) is 9.86. The van der Waals surface area contributed by atoms with Crippen molar-refractivity contribution in [3.63, 3.8) is 0 Å². The molecular weight excluding hydrogens is 268 g/mol. The van der Waals surface area contributed by atoms with E-state index in [9.17, 15) is 0 Å². The van der Waals surface area contributed by atoms with Gasteiger partial charge in [-0.2, -0.15) is 0 Å². The number of anilines is 1. The number of ether oxygens (including phenoxy) is 1. The molecule has 0 saturated heterocycles. The van der Waals surface area contributed by atoms with Crippen molar-refractivity contribution in [2.75, 3.05) is 12.4 Å². The molecular formula is C16H16N2OS. The van der Waals surface area contributed by atoms with E-state index in [1.807, 2.05) is 30.3 Å². The maximum Gasteiger partial charge on any atom is 0.113 e. The zero-order valence-corrected chi connectivity index (χ0v) is 12.1. The average Bonchev–Trinajstić information content (AvgIpc) is 2.89. The first-order valence-corrected chi connectivity index (χ1v) is 7.33. The number of nitrogens with zero attached hydrogens (tertiary/aromatic N) is 1. The second-order valence-corrected chi connectivity index (χ2v) is 5.63. The van der Waals surface area contributed by atoms with Crippen LogP contribution in [0.25, 0.3) is 10.2 Å². The van der Waals surface area contributed by atoms with Gasteiger partial charge in [-0.15, -0.1) is 11.3 Å². The summed E-state index contributed by atoms with van der Waals surface area (Å²) in [5.74, 6) is 0. The molecule has 0 aliphatic carbocycles. The number of hydrogen-bond acceptors (Lipinski definition) is 4. The summed E-state index contributed by atoms with van der Waals surface area (Å²) in [6.45, 7) is 1.35. The van der Waals surface area contributed by atoms with Crippen molar-refractivity contribution >= 4 is 27.2 Å².